The third-order valence-corrected chi connectivity index (χ3v) is 3.41. The first kappa shape index (κ1) is 20.6. The summed E-state index contributed by atoms with van der Waals surface area (Å²) in [7, 11) is 0. The van der Waals surface area contributed by atoms with Crippen molar-refractivity contribution in [3.05, 3.63) is 71.8 Å². The fraction of sp³-hybridized carbons (Fsp3) is 0.316. The lowest BCUT2D eigenvalue weighted by atomic mass is 10.1. The fourth-order valence-electron chi connectivity index (χ4n) is 2.02. The van der Waals surface area contributed by atoms with Crippen LogP contribution in [0.2, 0.25) is 0 Å². The Labute approximate surface area is 148 Å². The van der Waals surface area contributed by atoms with Crippen LogP contribution in [-0.4, -0.2) is 46.2 Å². The largest absolute Gasteiger partial charge is 0.463 e. The van der Waals surface area contributed by atoms with Crippen molar-refractivity contribution in [3.63, 3.8) is 0 Å². The van der Waals surface area contributed by atoms with Gasteiger partial charge in [-0.3, -0.25) is 5.21 Å². The van der Waals surface area contributed by atoms with Crippen molar-refractivity contribution in [1.29, 1.82) is 0 Å². The van der Waals surface area contributed by atoms with Gasteiger partial charge in [0.2, 0.25) is 0 Å². The summed E-state index contributed by atoms with van der Waals surface area (Å²) in [6.45, 7) is 3.04. The molecular formula is C19H26N2O4. The average Bonchev–Trinajstić information content (AvgIpc) is 2.63. The van der Waals surface area contributed by atoms with Gasteiger partial charge in [-0.15, -0.1) is 0 Å². The molecule has 2 rings (SSSR count). The van der Waals surface area contributed by atoms with E-state index in [2.05, 4.69) is 24.4 Å². The molecule has 0 aliphatic heterocycles. The van der Waals surface area contributed by atoms with Gasteiger partial charge in [-0.05, 0) is 25.5 Å². The molecule has 6 heteroatoms. The quantitative estimate of drug-likeness (QED) is 0.351. The Morgan fingerprint density at radius 2 is 1.64 bits per heavy atom. The number of rotatable bonds is 7. The summed E-state index contributed by atoms with van der Waals surface area (Å²) in [6, 6.07) is 19.5. The van der Waals surface area contributed by atoms with Gasteiger partial charge in [0, 0.05) is 6.54 Å². The number of benzene rings is 2. The van der Waals surface area contributed by atoms with Crippen molar-refractivity contribution in [2.24, 2.45) is 0 Å². The van der Waals surface area contributed by atoms with E-state index in [9.17, 15) is 9.90 Å². The molecule has 0 bridgehead atoms. The molecule has 1 unspecified atom stereocenters. The third-order valence-electron chi connectivity index (χ3n) is 3.41. The second-order valence-corrected chi connectivity index (χ2v) is 5.54. The highest BCUT2D eigenvalue weighted by Crippen LogP contribution is 2.10. The third kappa shape index (κ3) is 9.46. The van der Waals surface area contributed by atoms with Crippen LogP contribution in [0.25, 0.3) is 0 Å². The van der Waals surface area contributed by atoms with E-state index < -0.39 is 12.2 Å². The molecular weight excluding hydrogens is 320 g/mol. The molecule has 0 radical (unpaired) electrons. The minimum absolute atomic E-state index is 0.0454. The van der Waals surface area contributed by atoms with Crippen molar-refractivity contribution < 1.29 is 20.2 Å². The number of aliphatic hydroxyl groups excluding tert-OH is 1. The van der Waals surface area contributed by atoms with Crippen LogP contribution >= 0.6 is 0 Å². The van der Waals surface area contributed by atoms with Crippen LogP contribution in [-0.2, 0) is 0 Å². The highest BCUT2D eigenvalue weighted by molar-refractivity contribution is 5.63. The maximum absolute atomic E-state index is 10.3. The first-order valence-corrected chi connectivity index (χ1v) is 8.15. The zero-order valence-corrected chi connectivity index (χ0v) is 14.4. The number of hydrogen-bond donors (Lipinski definition) is 4. The number of nitrogens with zero attached hydrogens (tertiary/aromatic N) is 1. The Bertz CT molecular complexity index is 593. The number of hydroxylamine groups is 2. The predicted octanol–water partition coefficient (Wildman–Crippen LogP) is 3.06. The van der Waals surface area contributed by atoms with Crippen molar-refractivity contribution in [2.45, 2.75) is 19.4 Å². The Morgan fingerprint density at radius 1 is 1.08 bits per heavy atom. The van der Waals surface area contributed by atoms with Crippen LogP contribution in [0, 0.1) is 6.92 Å². The van der Waals surface area contributed by atoms with Crippen LogP contribution in [0.15, 0.2) is 60.7 Å². The van der Waals surface area contributed by atoms with Crippen LogP contribution in [0.3, 0.4) is 0 Å². The number of amides is 1. The summed E-state index contributed by atoms with van der Waals surface area (Å²) in [5.74, 6) is 0. The van der Waals surface area contributed by atoms with Crippen molar-refractivity contribution >= 4 is 6.09 Å². The molecule has 0 fully saturated rings. The summed E-state index contributed by atoms with van der Waals surface area (Å²) in [6.07, 6.45) is -1.47. The molecule has 25 heavy (non-hydrogen) atoms. The van der Waals surface area contributed by atoms with E-state index in [0.717, 1.165) is 5.56 Å². The summed E-state index contributed by atoms with van der Waals surface area (Å²) >= 11 is 0. The molecule has 0 aromatic heterocycles. The summed E-state index contributed by atoms with van der Waals surface area (Å²) < 4.78 is 0. The minimum atomic E-state index is -1.36. The lowest BCUT2D eigenvalue weighted by Crippen LogP contribution is -2.30. The lowest BCUT2D eigenvalue weighted by molar-refractivity contribution is -0.0640. The topological polar surface area (TPSA) is 93.0 Å². The van der Waals surface area contributed by atoms with E-state index >= 15 is 0 Å². The van der Waals surface area contributed by atoms with Gasteiger partial charge in [0.05, 0.1) is 12.6 Å². The predicted molar refractivity (Wildman–Crippen MR) is 96.6 cm³/mol. The number of carbonyl (C=O) groups is 1. The van der Waals surface area contributed by atoms with Crippen molar-refractivity contribution in [3.8, 4) is 0 Å². The molecule has 0 aliphatic rings. The van der Waals surface area contributed by atoms with E-state index in [1.807, 2.05) is 48.5 Å². The summed E-state index contributed by atoms with van der Waals surface area (Å²) in [4.78, 5) is 10.3. The van der Waals surface area contributed by atoms with Gasteiger partial charge in [0.25, 0.3) is 0 Å². The van der Waals surface area contributed by atoms with Crippen LogP contribution in [0.1, 0.15) is 23.7 Å². The summed E-state index contributed by atoms with van der Waals surface area (Å²) in [5, 5.41) is 30.3. The van der Waals surface area contributed by atoms with Gasteiger partial charge in [0.15, 0.2) is 0 Å². The fourth-order valence-corrected chi connectivity index (χ4v) is 2.02. The van der Waals surface area contributed by atoms with E-state index in [-0.39, 0.29) is 11.6 Å². The lowest BCUT2D eigenvalue weighted by Gasteiger charge is -2.13. The standard InChI is InChI=1S/C12H18N2O4.C7H8/c15-11(10-5-2-1-3-6-10)9-13-7-4-8-14(18)12(16)17;1-7-5-3-2-4-6-7/h1-3,5-6,11,13,15,18H,4,7-9H2,(H,16,17);2-6H,1H3. The molecule has 0 saturated carbocycles. The monoisotopic (exact) mass is 346 g/mol. The number of hydrogen-bond acceptors (Lipinski definition) is 4. The van der Waals surface area contributed by atoms with Gasteiger partial charge >= 0.3 is 6.09 Å². The molecule has 2 aromatic rings. The van der Waals surface area contributed by atoms with Gasteiger partial charge in [-0.25, -0.2) is 4.79 Å². The van der Waals surface area contributed by atoms with E-state index in [1.54, 1.807) is 0 Å². The van der Waals surface area contributed by atoms with E-state index in [1.165, 1.54) is 5.56 Å². The Balaban J connectivity index is 0.000000370. The highest BCUT2D eigenvalue weighted by Gasteiger charge is 2.08. The molecule has 1 amide bonds. The Morgan fingerprint density at radius 3 is 2.12 bits per heavy atom. The molecule has 136 valence electrons. The zero-order valence-electron chi connectivity index (χ0n) is 14.4. The van der Waals surface area contributed by atoms with Crippen LogP contribution in [0.4, 0.5) is 4.79 Å². The first-order valence-electron chi connectivity index (χ1n) is 8.15. The molecule has 0 saturated heterocycles. The minimum Gasteiger partial charge on any atom is -0.463 e. The van der Waals surface area contributed by atoms with Gasteiger partial charge < -0.3 is 15.5 Å². The SMILES string of the molecule is Cc1ccccc1.O=C(O)N(O)CCCNCC(O)c1ccccc1. The molecule has 0 aliphatic carbocycles. The second kappa shape index (κ2) is 12.0. The molecule has 1 atom stereocenters. The number of aliphatic hydroxyl groups is 1. The Kier molecular flexibility index (Phi) is 9.92. The van der Waals surface area contributed by atoms with Crippen LogP contribution < -0.4 is 5.32 Å². The number of aryl methyl sites for hydroxylation is 1. The second-order valence-electron chi connectivity index (χ2n) is 5.54. The highest BCUT2D eigenvalue weighted by atomic mass is 16.6. The van der Waals surface area contributed by atoms with E-state index in [4.69, 9.17) is 10.3 Å². The maximum atomic E-state index is 10.3. The summed E-state index contributed by atoms with van der Waals surface area (Å²) in [5.41, 5.74) is 2.15. The van der Waals surface area contributed by atoms with Gasteiger partial charge in [0.1, 0.15) is 0 Å². The van der Waals surface area contributed by atoms with Gasteiger partial charge in [-0.2, -0.15) is 5.06 Å². The first-order chi connectivity index (χ1) is 12.0. The van der Waals surface area contributed by atoms with Gasteiger partial charge in [-0.1, -0.05) is 66.2 Å². The maximum Gasteiger partial charge on any atom is 0.431 e. The Hall–Kier alpha value is -2.41. The normalized spacial score (nSPS) is 11.2. The zero-order chi connectivity index (χ0) is 18.5. The molecule has 2 aromatic carbocycles. The molecule has 4 N–H and O–H groups in total. The molecule has 6 nitrogen and oxygen atoms in total. The van der Waals surface area contributed by atoms with Crippen molar-refractivity contribution in [1.82, 2.24) is 10.4 Å². The number of carboxylic acid groups (broad SMARTS) is 1. The van der Waals surface area contributed by atoms with Crippen LogP contribution in [0.5, 0.6) is 0 Å². The van der Waals surface area contributed by atoms with E-state index in [0.29, 0.717) is 19.5 Å². The number of nitrogens with one attached hydrogen (secondary N) is 1. The molecule has 0 spiro atoms. The van der Waals surface area contributed by atoms with Crippen molar-refractivity contribution in [2.75, 3.05) is 19.6 Å². The average molecular weight is 346 g/mol. The smallest absolute Gasteiger partial charge is 0.431 e. The molecule has 0 heterocycles.